The molecule has 2 aromatic rings. The van der Waals surface area contributed by atoms with Gasteiger partial charge in [-0.2, -0.15) is 0 Å². The Hall–Kier alpha value is -2.37. The lowest BCUT2D eigenvalue weighted by Gasteiger charge is -2.16. The lowest BCUT2D eigenvalue weighted by atomic mass is 10.1. The zero-order chi connectivity index (χ0) is 15.2. The molecule has 0 spiro atoms. The SMILES string of the molecule is Cc1ccc2cc(C(=O)N3CCC(F)(C(=O)O)C3)[nH]c2c1. The van der Waals surface area contributed by atoms with E-state index in [4.69, 9.17) is 5.11 Å². The normalized spacial score (nSPS) is 21.9. The quantitative estimate of drug-likeness (QED) is 0.889. The van der Waals surface area contributed by atoms with Crippen molar-refractivity contribution >= 4 is 22.8 Å². The van der Waals surface area contributed by atoms with E-state index in [1.807, 2.05) is 25.1 Å². The summed E-state index contributed by atoms with van der Waals surface area (Å²) < 4.78 is 14.0. The number of benzene rings is 1. The van der Waals surface area contributed by atoms with Gasteiger partial charge in [-0.25, -0.2) is 9.18 Å². The fourth-order valence-electron chi connectivity index (χ4n) is 2.65. The summed E-state index contributed by atoms with van der Waals surface area (Å²) in [6.45, 7) is 1.65. The maximum absolute atomic E-state index is 14.0. The molecule has 3 rings (SSSR count). The zero-order valence-electron chi connectivity index (χ0n) is 11.5. The minimum atomic E-state index is -2.34. The maximum atomic E-state index is 14.0. The van der Waals surface area contributed by atoms with E-state index < -0.39 is 18.2 Å². The van der Waals surface area contributed by atoms with Crippen LogP contribution in [0.2, 0.25) is 0 Å². The maximum Gasteiger partial charge on any atom is 0.343 e. The predicted molar refractivity (Wildman–Crippen MR) is 75.0 cm³/mol. The highest BCUT2D eigenvalue weighted by Gasteiger charge is 2.47. The van der Waals surface area contributed by atoms with Gasteiger partial charge in [0.2, 0.25) is 5.67 Å². The molecule has 1 amide bonds. The minimum absolute atomic E-state index is 0.107. The number of aromatic nitrogens is 1. The summed E-state index contributed by atoms with van der Waals surface area (Å²) >= 11 is 0. The molecule has 5 nitrogen and oxygen atoms in total. The Bertz CT molecular complexity index is 740. The second kappa shape index (κ2) is 4.58. The molecule has 0 radical (unpaired) electrons. The monoisotopic (exact) mass is 290 g/mol. The number of hydrogen-bond acceptors (Lipinski definition) is 2. The van der Waals surface area contributed by atoms with E-state index in [1.54, 1.807) is 6.07 Å². The van der Waals surface area contributed by atoms with Crippen molar-refractivity contribution in [3.8, 4) is 0 Å². The molecule has 0 aliphatic carbocycles. The first-order chi connectivity index (χ1) is 9.89. The van der Waals surface area contributed by atoms with E-state index in [9.17, 15) is 14.0 Å². The van der Waals surface area contributed by atoms with Gasteiger partial charge >= 0.3 is 5.97 Å². The largest absolute Gasteiger partial charge is 0.479 e. The molecule has 1 aromatic carbocycles. The topological polar surface area (TPSA) is 73.4 Å². The average molecular weight is 290 g/mol. The van der Waals surface area contributed by atoms with Crippen molar-refractivity contribution in [1.82, 2.24) is 9.88 Å². The Kier molecular flexibility index (Phi) is 2.97. The average Bonchev–Trinajstić information content (AvgIpc) is 3.02. The summed E-state index contributed by atoms with van der Waals surface area (Å²) in [7, 11) is 0. The van der Waals surface area contributed by atoms with Crippen LogP contribution in [-0.4, -0.2) is 45.6 Å². The number of rotatable bonds is 2. The first-order valence-electron chi connectivity index (χ1n) is 6.70. The third kappa shape index (κ3) is 2.26. The van der Waals surface area contributed by atoms with Crippen molar-refractivity contribution in [3.05, 3.63) is 35.5 Å². The van der Waals surface area contributed by atoms with Crippen molar-refractivity contribution in [2.75, 3.05) is 13.1 Å². The number of carbonyl (C=O) groups excluding carboxylic acids is 1. The number of likely N-dealkylation sites (tertiary alicyclic amines) is 1. The number of hydrogen-bond donors (Lipinski definition) is 2. The highest BCUT2D eigenvalue weighted by molar-refractivity contribution is 5.98. The number of alkyl halides is 1. The van der Waals surface area contributed by atoms with Gasteiger partial charge in [0.05, 0.1) is 6.54 Å². The molecular weight excluding hydrogens is 275 g/mol. The Morgan fingerprint density at radius 3 is 2.81 bits per heavy atom. The van der Waals surface area contributed by atoms with Crippen LogP contribution in [-0.2, 0) is 4.79 Å². The molecule has 1 atom stereocenters. The first kappa shape index (κ1) is 13.6. The van der Waals surface area contributed by atoms with E-state index in [0.29, 0.717) is 5.69 Å². The molecule has 1 aliphatic rings. The Balaban J connectivity index is 1.86. The van der Waals surface area contributed by atoms with E-state index in [0.717, 1.165) is 16.5 Å². The number of aliphatic carboxylic acids is 1. The molecule has 1 aromatic heterocycles. The molecule has 1 saturated heterocycles. The lowest BCUT2D eigenvalue weighted by Crippen LogP contribution is -2.39. The highest BCUT2D eigenvalue weighted by atomic mass is 19.1. The van der Waals surface area contributed by atoms with Gasteiger partial charge in [-0.3, -0.25) is 4.79 Å². The molecule has 0 saturated carbocycles. The number of aromatic amines is 1. The molecule has 2 N–H and O–H groups in total. The zero-order valence-corrected chi connectivity index (χ0v) is 11.5. The Labute approximate surface area is 120 Å². The summed E-state index contributed by atoms with van der Waals surface area (Å²) in [4.78, 5) is 27.5. The van der Waals surface area contributed by atoms with Crippen molar-refractivity contribution in [1.29, 1.82) is 0 Å². The van der Waals surface area contributed by atoms with Gasteiger partial charge in [-0.15, -0.1) is 0 Å². The van der Waals surface area contributed by atoms with Crippen LogP contribution in [0.1, 0.15) is 22.5 Å². The van der Waals surface area contributed by atoms with Gasteiger partial charge in [0.25, 0.3) is 5.91 Å². The number of carboxylic acids is 1. The van der Waals surface area contributed by atoms with Gasteiger partial charge in [-0.05, 0) is 24.6 Å². The Morgan fingerprint density at radius 1 is 1.38 bits per heavy atom. The van der Waals surface area contributed by atoms with Crippen molar-refractivity contribution < 1.29 is 19.1 Å². The number of carboxylic acid groups (broad SMARTS) is 1. The molecule has 21 heavy (non-hydrogen) atoms. The minimum Gasteiger partial charge on any atom is -0.479 e. The van der Waals surface area contributed by atoms with Crippen LogP contribution >= 0.6 is 0 Å². The third-order valence-electron chi connectivity index (χ3n) is 3.90. The number of halogens is 1. The van der Waals surface area contributed by atoms with Crippen LogP contribution < -0.4 is 0 Å². The molecule has 1 aliphatic heterocycles. The van der Waals surface area contributed by atoms with Crippen LogP contribution in [0.5, 0.6) is 0 Å². The summed E-state index contributed by atoms with van der Waals surface area (Å²) in [5.74, 6) is -1.88. The second-order valence-electron chi connectivity index (χ2n) is 5.52. The standard InChI is InChI=1S/C15H15FN2O3/c1-9-2-3-10-7-12(17-11(10)6-9)13(19)18-5-4-15(16,8-18)14(20)21/h2-3,6-7,17H,4-5,8H2,1H3,(H,20,21). The predicted octanol–water partition coefficient (Wildman–Crippen LogP) is 2.12. The molecule has 1 unspecified atom stereocenters. The molecule has 110 valence electrons. The Morgan fingerprint density at radius 2 is 2.14 bits per heavy atom. The van der Waals surface area contributed by atoms with Gasteiger partial charge in [0.1, 0.15) is 5.69 Å². The third-order valence-corrected chi connectivity index (χ3v) is 3.90. The number of aryl methyl sites for hydroxylation is 1. The van der Waals surface area contributed by atoms with Crippen LogP contribution in [0, 0.1) is 6.92 Å². The van der Waals surface area contributed by atoms with Gasteiger partial charge in [-0.1, -0.05) is 12.1 Å². The highest BCUT2D eigenvalue weighted by Crippen LogP contribution is 2.27. The van der Waals surface area contributed by atoms with E-state index >= 15 is 0 Å². The van der Waals surface area contributed by atoms with Crippen LogP contribution in [0.4, 0.5) is 4.39 Å². The summed E-state index contributed by atoms with van der Waals surface area (Å²) in [5, 5.41) is 9.76. The number of nitrogens with zero attached hydrogens (tertiary/aromatic N) is 1. The van der Waals surface area contributed by atoms with Crippen LogP contribution in [0.15, 0.2) is 24.3 Å². The second-order valence-corrected chi connectivity index (χ2v) is 5.52. The van der Waals surface area contributed by atoms with Crippen LogP contribution in [0.25, 0.3) is 10.9 Å². The number of fused-ring (bicyclic) bond motifs is 1. The number of nitrogens with one attached hydrogen (secondary N) is 1. The summed E-state index contributed by atoms with van der Waals surface area (Å²) in [5.41, 5.74) is -0.0798. The van der Waals surface area contributed by atoms with Crippen molar-refractivity contribution in [2.24, 2.45) is 0 Å². The number of carbonyl (C=O) groups is 2. The van der Waals surface area contributed by atoms with E-state index in [2.05, 4.69) is 4.98 Å². The number of amides is 1. The molecule has 1 fully saturated rings. The molecule has 0 bridgehead atoms. The van der Waals surface area contributed by atoms with E-state index in [-0.39, 0.29) is 18.9 Å². The van der Waals surface area contributed by atoms with Gasteiger partial charge in [0.15, 0.2) is 0 Å². The molecule has 6 heteroatoms. The van der Waals surface area contributed by atoms with E-state index in [1.165, 1.54) is 4.90 Å². The van der Waals surface area contributed by atoms with Gasteiger partial charge in [0, 0.05) is 23.9 Å². The van der Waals surface area contributed by atoms with Crippen molar-refractivity contribution in [2.45, 2.75) is 19.0 Å². The first-order valence-corrected chi connectivity index (χ1v) is 6.70. The smallest absolute Gasteiger partial charge is 0.343 e. The summed E-state index contributed by atoms with van der Waals surface area (Å²) in [6, 6.07) is 7.47. The van der Waals surface area contributed by atoms with Gasteiger partial charge < -0.3 is 15.0 Å². The lowest BCUT2D eigenvalue weighted by molar-refractivity contribution is -0.149. The number of H-pyrrole nitrogens is 1. The fourth-order valence-corrected chi connectivity index (χ4v) is 2.65. The van der Waals surface area contributed by atoms with Crippen molar-refractivity contribution in [3.63, 3.8) is 0 Å². The van der Waals surface area contributed by atoms with Crippen LogP contribution in [0.3, 0.4) is 0 Å². The fraction of sp³-hybridized carbons (Fsp3) is 0.333. The summed E-state index contributed by atoms with van der Waals surface area (Å²) in [6.07, 6.45) is -0.173. The molecular formula is C15H15FN2O3. The molecule has 2 heterocycles.